The van der Waals surface area contributed by atoms with Crippen molar-refractivity contribution >= 4 is 29.5 Å². The molecular formula is C37H54ClN5O4. The zero-order valence-corrected chi connectivity index (χ0v) is 30.1. The third kappa shape index (κ3) is 9.94. The van der Waals surface area contributed by atoms with Gasteiger partial charge in [-0.3, -0.25) is 19.4 Å². The van der Waals surface area contributed by atoms with Crippen molar-refractivity contribution in [2.45, 2.75) is 91.6 Å². The number of rotatable bonds is 12. The Morgan fingerprint density at radius 1 is 0.979 bits per heavy atom. The predicted molar refractivity (Wildman–Crippen MR) is 187 cm³/mol. The molecule has 2 aromatic carbocycles. The molecule has 258 valence electrons. The Hall–Kier alpha value is -3.14. The van der Waals surface area contributed by atoms with E-state index in [2.05, 4.69) is 42.8 Å². The van der Waals surface area contributed by atoms with E-state index in [1.54, 1.807) is 17.0 Å². The number of benzene rings is 2. The minimum absolute atomic E-state index is 0.0237. The van der Waals surface area contributed by atoms with Crippen LogP contribution in [-0.4, -0.2) is 101 Å². The summed E-state index contributed by atoms with van der Waals surface area (Å²) in [6.45, 7) is 20.7. The van der Waals surface area contributed by atoms with Gasteiger partial charge in [-0.25, -0.2) is 4.79 Å². The van der Waals surface area contributed by atoms with Crippen molar-refractivity contribution in [3.8, 4) is 0 Å². The molecule has 0 bridgehead atoms. The maximum Gasteiger partial charge on any atom is 0.411 e. The number of hydrogen-bond acceptors (Lipinski definition) is 6. The number of nitrogens with zero attached hydrogens (tertiary/aromatic N) is 4. The molecule has 3 atom stereocenters. The second-order valence-electron chi connectivity index (χ2n) is 14.1. The lowest BCUT2D eigenvalue weighted by Crippen LogP contribution is -2.59. The summed E-state index contributed by atoms with van der Waals surface area (Å²) in [5.41, 5.74) is 2.16. The molecule has 3 unspecified atom stereocenters. The third-order valence-corrected chi connectivity index (χ3v) is 9.58. The topological polar surface area (TPSA) is 85.4 Å². The fourth-order valence-corrected chi connectivity index (χ4v) is 6.80. The van der Waals surface area contributed by atoms with Crippen molar-refractivity contribution in [2.75, 3.05) is 45.8 Å². The molecule has 3 amide bonds. The van der Waals surface area contributed by atoms with Crippen molar-refractivity contribution in [3.05, 3.63) is 70.2 Å². The molecule has 0 radical (unpaired) electrons. The van der Waals surface area contributed by atoms with Gasteiger partial charge < -0.3 is 19.9 Å². The Kier molecular flexibility index (Phi) is 12.7. The van der Waals surface area contributed by atoms with E-state index >= 15 is 0 Å². The largest absolute Gasteiger partial charge is 0.444 e. The van der Waals surface area contributed by atoms with Crippen LogP contribution in [0.25, 0.3) is 0 Å². The van der Waals surface area contributed by atoms with Crippen LogP contribution in [0.4, 0.5) is 4.79 Å². The minimum Gasteiger partial charge on any atom is -0.444 e. The second-order valence-corrected chi connectivity index (χ2v) is 14.6. The molecule has 0 spiro atoms. The van der Waals surface area contributed by atoms with Crippen LogP contribution in [0.5, 0.6) is 0 Å². The summed E-state index contributed by atoms with van der Waals surface area (Å²) in [6.07, 6.45) is -0.0929. The van der Waals surface area contributed by atoms with Gasteiger partial charge in [-0.1, -0.05) is 75.7 Å². The number of fused-ring (bicyclic) bond motifs is 1. The monoisotopic (exact) mass is 667 g/mol. The summed E-state index contributed by atoms with van der Waals surface area (Å²) in [7, 11) is 0. The highest BCUT2D eigenvalue weighted by Crippen LogP contribution is 2.37. The van der Waals surface area contributed by atoms with Gasteiger partial charge in [0.2, 0.25) is 11.8 Å². The molecule has 9 nitrogen and oxygen atoms in total. The van der Waals surface area contributed by atoms with Crippen LogP contribution in [0.15, 0.2) is 48.5 Å². The Bertz CT molecular complexity index is 1350. The molecule has 0 aromatic heterocycles. The van der Waals surface area contributed by atoms with Crippen molar-refractivity contribution in [1.82, 2.24) is 24.9 Å². The van der Waals surface area contributed by atoms with E-state index in [9.17, 15) is 14.4 Å². The smallest absolute Gasteiger partial charge is 0.411 e. The number of piperazine rings is 1. The molecule has 0 saturated carbocycles. The average molecular weight is 668 g/mol. The van der Waals surface area contributed by atoms with Gasteiger partial charge in [-0.2, -0.15) is 0 Å². The highest BCUT2D eigenvalue weighted by Gasteiger charge is 2.38. The first-order chi connectivity index (χ1) is 22.3. The van der Waals surface area contributed by atoms with Crippen LogP contribution in [0.1, 0.15) is 77.6 Å². The van der Waals surface area contributed by atoms with E-state index in [0.717, 1.165) is 49.4 Å². The number of ether oxygens (including phenoxy) is 1. The average Bonchev–Trinajstić information content (AvgIpc) is 3.39. The van der Waals surface area contributed by atoms with Crippen LogP contribution in [-0.2, 0) is 27.3 Å². The third-order valence-electron chi connectivity index (χ3n) is 9.33. The van der Waals surface area contributed by atoms with Crippen molar-refractivity contribution in [2.24, 2.45) is 5.92 Å². The molecule has 1 saturated heterocycles. The van der Waals surface area contributed by atoms with Crippen molar-refractivity contribution < 1.29 is 19.1 Å². The summed E-state index contributed by atoms with van der Waals surface area (Å²) in [5, 5.41) is 3.69. The molecule has 4 rings (SSSR count). The lowest BCUT2D eigenvalue weighted by molar-refractivity contribution is -0.138. The molecule has 47 heavy (non-hydrogen) atoms. The van der Waals surface area contributed by atoms with Crippen LogP contribution in [0, 0.1) is 5.92 Å². The molecule has 2 heterocycles. The van der Waals surface area contributed by atoms with Gasteiger partial charge in [-0.15, -0.1) is 0 Å². The van der Waals surface area contributed by atoms with E-state index in [1.165, 1.54) is 0 Å². The van der Waals surface area contributed by atoms with Gasteiger partial charge in [0, 0.05) is 56.8 Å². The van der Waals surface area contributed by atoms with Gasteiger partial charge in [0.1, 0.15) is 11.6 Å². The van der Waals surface area contributed by atoms with Gasteiger partial charge in [-0.05, 0) is 68.6 Å². The van der Waals surface area contributed by atoms with Gasteiger partial charge >= 0.3 is 6.09 Å². The lowest BCUT2D eigenvalue weighted by atomic mass is 9.99. The number of halogens is 1. The summed E-state index contributed by atoms with van der Waals surface area (Å²) < 4.78 is 5.70. The zero-order valence-electron chi connectivity index (χ0n) is 29.3. The highest BCUT2D eigenvalue weighted by molar-refractivity contribution is 6.30. The number of hydrogen-bond donors (Lipinski definition) is 1. The molecule has 2 aliphatic rings. The maximum atomic E-state index is 14.1. The van der Waals surface area contributed by atoms with Crippen LogP contribution >= 0.6 is 11.6 Å². The Balaban J connectivity index is 1.49. The number of amides is 3. The molecule has 10 heteroatoms. The van der Waals surface area contributed by atoms with Gasteiger partial charge in [0.25, 0.3) is 0 Å². The zero-order chi connectivity index (χ0) is 34.3. The van der Waals surface area contributed by atoms with Crippen LogP contribution in [0.2, 0.25) is 5.02 Å². The number of carbonyl (C=O) groups is 3. The fraction of sp³-hybridized carbons (Fsp3) is 0.595. The van der Waals surface area contributed by atoms with E-state index in [1.807, 2.05) is 62.1 Å². The fourth-order valence-electron chi connectivity index (χ4n) is 6.67. The first kappa shape index (κ1) is 36.7. The lowest BCUT2D eigenvalue weighted by Gasteiger charge is -2.43. The normalized spacial score (nSPS) is 18.3. The highest BCUT2D eigenvalue weighted by atomic mass is 35.5. The predicted octanol–water partition coefficient (Wildman–Crippen LogP) is 5.76. The number of carbonyl (C=O) groups excluding carboxylic acids is 3. The molecule has 2 aliphatic heterocycles. The van der Waals surface area contributed by atoms with Crippen LogP contribution < -0.4 is 5.32 Å². The second kappa shape index (κ2) is 16.3. The standard InChI is InChI=1S/C37H54ClN5O4/c1-8-40(9-2)25-33(26(3)4)41-18-20-42(21-19-41)35(45)31(22-27-14-16-29(38)17-15-27)39-34(44)23-32-30-13-11-10-12-28(30)24-43(32)36(46)47-37(5,6)7/h10-17,26,31-33H,8-9,18-25H2,1-7H3,(H,39,44). The summed E-state index contributed by atoms with van der Waals surface area (Å²) in [6, 6.07) is 14.3. The van der Waals surface area contributed by atoms with Gasteiger partial charge in [0.15, 0.2) is 0 Å². The molecule has 0 aliphatic carbocycles. The van der Waals surface area contributed by atoms with E-state index in [0.29, 0.717) is 43.0 Å². The van der Waals surface area contributed by atoms with Crippen LogP contribution in [0.3, 0.4) is 0 Å². The summed E-state index contributed by atoms with van der Waals surface area (Å²) in [5.74, 6) is 0.120. The Morgan fingerprint density at radius 2 is 1.62 bits per heavy atom. The molecular weight excluding hydrogens is 614 g/mol. The Labute approximate surface area is 286 Å². The molecule has 1 N–H and O–H groups in total. The molecule has 1 fully saturated rings. The first-order valence-corrected chi connectivity index (χ1v) is 17.5. The maximum absolute atomic E-state index is 14.1. The summed E-state index contributed by atoms with van der Waals surface area (Å²) in [4.78, 5) is 49.6. The van der Waals surface area contributed by atoms with Gasteiger partial charge in [0.05, 0.1) is 12.5 Å². The van der Waals surface area contributed by atoms with E-state index < -0.39 is 23.8 Å². The SMILES string of the molecule is CCN(CC)CC(C(C)C)N1CCN(C(=O)C(Cc2ccc(Cl)cc2)NC(=O)CC2c3ccccc3CN2C(=O)OC(C)(C)C)CC1. The number of nitrogens with one attached hydrogen (secondary N) is 1. The quantitative estimate of drug-likeness (QED) is 0.310. The minimum atomic E-state index is -0.751. The van der Waals surface area contributed by atoms with E-state index in [4.69, 9.17) is 16.3 Å². The Morgan fingerprint density at radius 3 is 2.21 bits per heavy atom. The van der Waals surface area contributed by atoms with Crippen molar-refractivity contribution in [1.29, 1.82) is 0 Å². The first-order valence-electron chi connectivity index (χ1n) is 17.2. The van der Waals surface area contributed by atoms with Crippen molar-refractivity contribution in [3.63, 3.8) is 0 Å². The summed E-state index contributed by atoms with van der Waals surface area (Å²) >= 11 is 6.15. The van der Waals surface area contributed by atoms with E-state index in [-0.39, 0.29) is 18.2 Å². The number of likely N-dealkylation sites (N-methyl/N-ethyl adjacent to an activating group) is 1. The molecule has 2 aromatic rings.